The molecule has 1 atom stereocenters. The predicted molar refractivity (Wildman–Crippen MR) is 94.0 cm³/mol. The van der Waals surface area contributed by atoms with E-state index >= 15 is 0 Å². The van der Waals surface area contributed by atoms with Crippen molar-refractivity contribution in [3.63, 3.8) is 0 Å². The van der Waals surface area contributed by atoms with E-state index in [9.17, 15) is 9.90 Å². The molecule has 0 saturated heterocycles. The number of ether oxygens (including phenoxy) is 1. The van der Waals surface area contributed by atoms with Crippen molar-refractivity contribution in [1.29, 1.82) is 0 Å². The highest BCUT2D eigenvalue weighted by Crippen LogP contribution is 2.44. The number of carbonyl (C=O) groups excluding carboxylic acids is 1. The molecule has 0 fully saturated rings. The van der Waals surface area contributed by atoms with Crippen molar-refractivity contribution in [2.45, 2.75) is 25.8 Å². The van der Waals surface area contributed by atoms with Crippen LogP contribution >= 0.6 is 0 Å². The van der Waals surface area contributed by atoms with Gasteiger partial charge in [0.1, 0.15) is 6.61 Å². The van der Waals surface area contributed by atoms with Gasteiger partial charge in [-0.1, -0.05) is 48.5 Å². The van der Waals surface area contributed by atoms with E-state index in [2.05, 4.69) is 24.3 Å². The fourth-order valence-electron chi connectivity index (χ4n) is 3.40. The van der Waals surface area contributed by atoms with E-state index in [0.717, 1.165) is 0 Å². The van der Waals surface area contributed by atoms with Crippen LogP contribution in [-0.4, -0.2) is 41.9 Å². The second-order valence-corrected chi connectivity index (χ2v) is 6.12. The van der Waals surface area contributed by atoms with Crippen LogP contribution in [0.25, 0.3) is 11.1 Å². The molecule has 1 amide bonds. The normalized spacial score (nSPS) is 14.0. The Bertz CT molecular complexity index is 683. The Morgan fingerprint density at radius 2 is 1.67 bits per heavy atom. The largest absolute Gasteiger partial charge is 0.448 e. The minimum atomic E-state index is -0.374. The van der Waals surface area contributed by atoms with Gasteiger partial charge in [0, 0.05) is 12.5 Å². The first-order valence-electron chi connectivity index (χ1n) is 8.39. The maximum absolute atomic E-state index is 12.3. The zero-order valence-electron chi connectivity index (χ0n) is 14.1. The van der Waals surface area contributed by atoms with Gasteiger partial charge >= 0.3 is 6.09 Å². The molecule has 1 aliphatic carbocycles. The lowest BCUT2D eigenvalue weighted by molar-refractivity contribution is 0.0742. The van der Waals surface area contributed by atoms with Crippen molar-refractivity contribution in [1.82, 2.24) is 4.90 Å². The highest BCUT2D eigenvalue weighted by Gasteiger charge is 2.30. The number of likely N-dealkylation sites (N-methyl/N-ethyl adjacent to an activating group) is 1. The van der Waals surface area contributed by atoms with Gasteiger partial charge < -0.3 is 14.7 Å². The molecule has 4 heteroatoms. The standard InChI is InChI=1S/C20H23NO3/c1-3-21(14(2)12-22)20(23)24-13-19-17-10-6-4-8-15(17)16-9-5-7-11-18(16)19/h4-11,14,19,22H,3,12-13H2,1-2H3/t14-/m0/s1. The molecule has 4 nitrogen and oxygen atoms in total. The zero-order chi connectivity index (χ0) is 17.1. The fourth-order valence-corrected chi connectivity index (χ4v) is 3.40. The van der Waals surface area contributed by atoms with Gasteiger partial charge in [-0.25, -0.2) is 4.79 Å². The Balaban J connectivity index is 1.80. The number of benzene rings is 2. The first-order chi connectivity index (χ1) is 11.7. The third kappa shape index (κ3) is 2.89. The molecule has 1 aliphatic rings. The molecule has 2 aromatic rings. The van der Waals surface area contributed by atoms with Gasteiger partial charge in [-0.05, 0) is 36.1 Å². The van der Waals surface area contributed by atoms with E-state index in [1.807, 2.05) is 38.1 Å². The van der Waals surface area contributed by atoms with Crippen molar-refractivity contribution in [2.75, 3.05) is 19.8 Å². The van der Waals surface area contributed by atoms with Crippen LogP contribution < -0.4 is 0 Å². The second-order valence-electron chi connectivity index (χ2n) is 6.12. The van der Waals surface area contributed by atoms with Crippen LogP contribution in [0.5, 0.6) is 0 Å². The van der Waals surface area contributed by atoms with Crippen LogP contribution in [-0.2, 0) is 4.74 Å². The van der Waals surface area contributed by atoms with Gasteiger partial charge in [0.2, 0.25) is 0 Å². The average molecular weight is 325 g/mol. The molecular formula is C20H23NO3. The summed E-state index contributed by atoms with van der Waals surface area (Å²) in [4.78, 5) is 13.9. The molecule has 0 heterocycles. The number of aliphatic hydroxyl groups excluding tert-OH is 1. The van der Waals surface area contributed by atoms with Gasteiger partial charge in [0.15, 0.2) is 0 Å². The second kappa shape index (κ2) is 7.05. The molecule has 0 aliphatic heterocycles. The van der Waals surface area contributed by atoms with Gasteiger partial charge in [-0.15, -0.1) is 0 Å². The summed E-state index contributed by atoms with van der Waals surface area (Å²) in [6, 6.07) is 16.3. The zero-order valence-corrected chi connectivity index (χ0v) is 14.1. The molecule has 2 aromatic carbocycles. The Labute approximate surface area is 142 Å². The number of hydrogen-bond acceptors (Lipinski definition) is 3. The smallest absolute Gasteiger partial charge is 0.410 e. The Kier molecular flexibility index (Phi) is 4.86. The summed E-state index contributed by atoms with van der Waals surface area (Å²) in [7, 11) is 0. The van der Waals surface area contributed by atoms with Crippen LogP contribution in [0, 0.1) is 0 Å². The third-order valence-corrected chi connectivity index (χ3v) is 4.71. The van der Waals surface area contributed by atoms with Crippen LogP contribution in [0.15, 0.2) is 48.5 Å². The number of aliphatic hydroxyl groups is 1. The lowest BCUT2D eigenvalue weighted by Crippen LogP contribution is -2.41. The van der Waals surface area contributed by atoms with Gasteiger partial charge in [0.05, 0.1) is 12.6 Å². The highest BCUT2D eigenvalue weighted by atomic mass is 16.6. The summed E-state index contributed by atoms with van der Waals surface area (Å²) in [6.45, 7) is 4.44. The molecular weight excluding hydrogens is 302 g/mol. The average Bonchev–Trinajstić information content (AvgIpc) is 2.94. The molecule has 1 N–H and O–H groups in total. The number of amides is 1. The van der Waals surface area contributed by atoms with Crippen molar-refractivity contribution in [3.8, 4) is 11.1 Å². The van der Waals surface area contributed by atoms with E-state index in [1.165, 1.54) is 22.3 Å². The molecule has 0 saturated carbocycles. The van der Waals surface area contributed by atoms with Crippen LogP contribution in [0.2, 0.25) is 0 Å². The fraction of sp³-hybridized carbons (Fsp3) is 0.350. The van der Waals surface area contributed by atoms with E-state index < -0.39 is 0 Å². The van der Waals surface area contributed by atoms with Crippen LogP contribution in [0.4, 0.5) is 4.79 Å². The van der Waals surface area contributed by atoms with E-state index in [-0.39, 0.29) is 24.7 Å². The summed E-state index contributed by atoms with van der Waals surface area (Å²) in [6.07, 6.45) is -0.374. The van der Waals surface area contributed by atoms with E-state index in [1.54, 1.807) is 4.90 Å². The first-order valence-corrected chi connectivity index (χ1v) is 8.39. The number of fused-ring (bicyclic) bond motifs is 3. The number of rotatable bonds is 5. The summed E-state index contributed by atoms with van der Waals surface area (Å²) >= 11 is 0. The summed E-state index contributed by atoms with van der Waals surface area (Å²) in [5, 5.41) is 9.28. The molecule has 24 heavy (non-hydrogen) atoms. The lowest BCUT2D eigenvalue weighted by Gasteiger charge is -2.26. The molecule has 3 rings (SSSR count). The monoisotopic (exact) mass is 325 g/mol. The quantitative estimate of drug-likeness (QED) is 0.913. The topological polar surface area (TPSA) is 49.8 Å². The van der Waals surface area contributed by atoms with Crippen molar-refractivity contribution in [3.05, 3.63) is 59.7 Å². The Morgan fingerprint density at radius 3 is 2.17 bits per heavy atom. The summed E-state index contributed by atoms with van der Waals surface area (Å²) in [5.74, 6) is 0.0597. The van der Waals surface area contributed by atoms with Crippen LogP contribution in [0.1, 0.15) is 30.9 Å². The van der Waals surface area contributed by atoms with Gasteiger partial charge in [-0.2, -0.15) is 0 Å². The maximum atomic E-state index is 12.3. The van der Waals surface area contributed by atoms with Crippen molar-refractivity contribution < 1.29 is 14.6 Å². The number of nitrogens with zero attached hydrogens (tertiary/aromatic N) is 1. The molecule has 0 aromatic heterocycles. The Hall–Kier alpha value is -2.33. The maximum Gasteiger partial charge on any atom is 0.410 e. The lowest BCUT2D eigenvalue weighted by atomic mass is 9.98. The van der Waals surface area contributed by atoms with E-state index in [0.29, 0.717) is 13.2 Å². The highest BCUT2D eigenvalue weighted by molar-refractivity contribution is 5.79. The number of hydrogen-bond donors (Lipinski definition) is 1. The van der Waals surface area contributed by atoms with Crippen LogP contribution in [0.3, 0.4) is 0 Å². The summed E-state index contributed by atoms with van der Waals surface area (Å²) in [5.41, 5.74) is 4.82. The number of carbonyl (C=O) groups is 1. The molecule has 126 valence electrons. The van der Waals surface area contributed by atoms with Gasteiger partial charge in [0.25, 0.3) is 0 Å². The molecule has 0 spiro atoms. The minimum absolute atomic E-state index is 0.0597. The molecule has 0 unspecified atom stereocenters. The van der Waals surface area contributed by atoms with E-state index in [4.69, 9.17) is 4.74 Å². The van der Waals surface area contributed by atoms with Crippen molar-refractivity contribution in [2.24, 2.45) is 0 Å². The minimum Gasteiger partial charge on any atom is -0.448 e. The first kappa shape index (κ1) is 16.5. The molecule has 0 bridgehead atoms. The Morgan fingerprint density at radius 1 is 1.12 bits per heavy atom. The van der Waals surface area contributed by atoms with Gasteiger partial charge in [-0.3, -0.25) is 0 Å². The predicted octanol–water partition coefficient (Wildman–Crippen LogP) is 3.64. The third-order valence-electron chi connectivity index (χ3n) is 4.71. The summed E-state index contributed by atoms with van der Waals surface area (Å²) < 4.78 is 5.59. The molecule has 0 radical (unpaired) electrons. The van der Waals surface area contributed by atoms with Crippen molar-refractivity contribution >= 4 is 6.09 Å². The SMILES string of the molecule is CCN(C(=O)OCC1c2ccccc2-c2ccccc21)[C@@H](C)CO.